The molecular formula is C28H30N2O4. The normalized spacial score (nSPS) is 12.9. The number of amides is 2. The van der Waals surface area contributed by atoms with Crippen LogP contribution in [0.25, 0.3) is 0 Å². The Morgan fingerprint density at radius 2 is 1.24 bits per heavy atom. The Kier molecular flexibility index (Phi) is 8.19. The molecule has 0 unspecified atom stereocenters. The van der Waals surface area contributed by atoms with Crippen molar-refractivity contribution in [2.24, 2.45) is 11.7 Å². The molecule has 2 amide bonds. The van der Waals surface area contributed by atoms with Crippen LogP contribution in [0.2, 0.25) is 0 Å². The highest BCUT2D eigenvalue weighted by Crippen LogP contribution is 2.39. The zero-order chi connectivity index (χ0) is 24.6. The maximum atomic E-state index is 14.2. The number of carbonyl (C=O) groups excluding carboxylic acids is 3. The van der Waals surface area contributed by atoms with Gasteiger partial charge in [-0.05, 0) is 30.0 Å². The molecule has 0 saturated carbocycles. The molecule has 6 heteroatoms. The number of hydrogen-bond donors (Lipinski definition) is 2. The van der Waals surface area contributed by atoms with Crippen molar-refractivity contribution in [1.29, 1.82) is 0 Å². The van der Waals surface area contributed by atoms with E-state index in [-0.39, 0.29) is 13.0 Å². The minimum atomic E-state index is -1.25. The van der Waals surface area contributed by atoms with Crippen LogP contribution in [0.1, 0.15) is 37.0 Å². The Morgan fingerprint density at radius 3 is 1.59 bits per heavy atom. The zero-order valence-corrected chi connectivity index (χ0v) is 19.4. The lowest BCUT2D eigenvalue weighted by atomic mass is 9.68. The second-order valence-electron chi connectivity index (χ2n) is 8.17. The molecule has 3 N–H and O–H groups in total. The van der Waals surface area contributed by atoms with Gasteiger partial charge in [0.15, 0.2) is 0 Å². The summed E-state index contributed by atoms with van der Waals surface area (Å²) in [6, 6.07) is 27.2. The van der Waals surface area contributed by atoms with Gasteiger partial charge in [0, 0.05) is 0 Å². The molecule has 0 aliphatic carbocycles. The Balaban J connectivity index is 2.12. The molecule has 0 bridgehead atoms. The molecule has 0 aliphatic rings. The van der Waals surface area contributed by atoms with Gasteiger partial charge in [0.05, 0.1) is 12.5 Å². The lowest BCUT2D eigenvalue weighted by Gasteiger charge is -2.35. The van der Waals surface area contributed by atoms with Crippen LogP contribution in [0.4, 0.5) is 0 Å². The number of nitrogens with two attached hydrogens (primary N) is 1. The topological polar surface area (TPSA) is 98.5 Å². The number of rotatable bonds is 10. The van der Waals surface area contributed by atoms with Crippen molar-refractivity contribution in [3.05, 3.63) is 108 Å². The molecule has 176 valence electrons. The number of hydrogen-bond acceptors (Lipinski definition) is 4. The van der Waals surface area contributed by atoms with Crippen molar-refractivity contribution in [3.63, 3.8) is 0 Å². The smallest absolute Gasteiger partial charge is 0.308 e. The highest BCUT2D eigenvalue weighted by atomic mass is 16.5. The molecule has 6 nitrogen and oxygen atoms in total. The fourth-order valence-electron chi connectivity index (χ4n) is 4.20. The van der Waals surface area contributed by atoms with E-state index in [1.165, 1.54) is 0 Å². The summed E-state index contributed by atoms with van der Waals surface area (Å²) >= 11 is 0. The monoisotopic (exact) mass is 458 g/mol. The standard InChI is InChI=1S/C28H30N2O4/c1-3-34-26(32)20(2)19-24(25(29)31)30-27(33)28(21-13-7-4-8-14-21,22-15-9-5-10-16-22)23-17-11-6-12-18-23/h4-18,20,24H,3,19H2,1-2H3,(H2,29,31)(H,30,33)/t20-,24+/m0/s1. The molecule has 0 aromatic heterocycles. The first-order valence-electron chi connectivity index (χ1n) is 11.3. The van der Waals surface area contributed by atoms with E-state index in [1.807, 2.05) is 91.0 Å². The first kappa shape index (κ1) is 24.7. The van der Waals surface area contributed by atoms with E-state index in [0.717, 1.165) is 16.7 Å². The van der Waals surface area contributed by atoms with Crippen LogP contribution in [0.5, 0.6) is 0 Å². The van der Waals surface area contributed by atoms with E-state index in [0.29, 0.717) is 0 Å². The van der Waals surface area contributed by atoms with Crippen LogP contribution < -0.4 is 11.1 Å². The van der Waals surface area contributed by atoms with Crippen LogP contribution in [0, 0.1) is 5.92 Å². The second-order valence-corrected chi connectivity index (χ2v) is 8.17. The molecule has 3 rings (SSSR count). The Hall–Kier alpha value is -3.93. The van der Waals surface area contributed by atoms with Crippen molar-refractivity contribution < 1.29 is 19.1 Å². The largest absolute Gasteiger partial charge is 0.466 e. The summed E-state index contributed by atoms with van der Waals surface area (Å²) in [6.45, 7) is 3.60. The zero-order valence-electron chi connectivity index (χ0n) is 19.4. The van der Waals surface area contributed by atoms with E-state index >= 15 is 0 Å². The third kappa shape index (κ3) is 5.17. The SMILES string of the molecule is CCOC(=O)[C@@H](C)C[C@@H](NC(=O)C(c1ccccc1)(c1ccccc1)c1ccccc1)C(N)=O. The number of carbonyl (C=O) groups is 3. The van der Waals surface area contributed by atoms with Gasteiger partial charge in [-0.15, -0.1) is 0 Å². The molecule has 0 fully saturated rings. The minimum absolute atomic E-state index is 0.0361. The maximum absolute atomic E-state index is 14.2. The summed E-state index contributed by atoms with van der Waals surface area (Å²) in [7, 11) is 0. The summed E-state index contributed by atoms with van der Waals surface area (Å²) in [5.74, 6) is -2.18. The van der Waals surface area contributed by atoms with E-state index in [4.69, 9.17) is 10.5 Å². The highest BCUT2D eigenvalue weighted by Gasteiger charge is 2.45. The summed E-state index contributed by atoms with van der Waals surface area (Å²) in [4.78, 5) is 38.7. The second kappa shape index (κ2) is 11.3. The van der Waals surface area contributed by atoms with E-state index in [9.17, 15) is 14.4 Å². The molecule has 0 spiro atoms. The Bertz CT molecular complexity index is 1000. The van der Waals surface area contributed by atoms with Crippen molar-refractivity contribution >= 4 is 17.8 Å². The van der Waals surface area contributed by atoms with Gasteiger partial charge < -0.3 is 15.8 Å². The summed E-state index contributed by atoms with van der Waals surface area (Å²) in [6.07, 6.45) is 0.0361. The van der Waals surface area contributed by atoms with E-state index in [2.05, 4.69) is 5.32 Å². The third-order valence-corrected chi connectivity index (χ3v) is 5.89. The van der Waals surface area contributed by atoms with E-state index in [1.54, 1.807) is 13.8 Å². The van der Waals surface area contributed by atoms with Crippen molar-refractivity contribution in [3.8, 4) is 0 Å². The molecule has 34 heavy (non-hydrogen) atoms. The van der Waals surface area contributed by atoms with Gasteiger partial charge >= 0.3 is 5.97 Å². The van der Waals surface area contributed by atoms with Gasteiger partial charge in [-0.25, -0.2) is 0 Å². The Labute approximate surface area is 200 Å². The van der Waals surface area contributed by atoms with Crippen molar-refractivity contribution in [2.75, 3.05) is 6.61 Å². The molecule has 3 aromatic rings. The van der Waals surface area contributed by atoms with Gasteiger partial charge in [-0.3, -0.25) is 14.4 Å². The van der Waals surface area contributed by atoms with Crippen LogP contribution in [-0.4, -0.2) is 30.4 Å². The molecule has 3 aromatic carbocycles. The van der Waals surface area contributed by atoms with Crippen LogP contribution >= 0.6 is 0 Å². The minimum Gasteiger partial charge on any atom is -0.466 e. The van der Waals surface area contributed by atoms with Gasteiger partial charge in [-0.2, -0.15) is 0 Å². The van der Waals surface area contributed by atoms with Gasteiger partial charge in [0.1, 0.15) is 11.5 Å². The predicted octanol–water partition coefficient (Wildman–Crippen LogP) is 3.58. The van der Waals surface area contributed by atoms with Gasteiger partial charge in [0.25, 0.3) is 0 Å². The van der Waals surface area contributed by atoms with Crippen molar-refractivity contribution in [1.82, 2.24) is 5.32 Å². The Morgan fingerprint density at radius 1 is 0.824 bits per heavy atom. The molecule has 2 atom stereocenters. The molecule has 0 radical (unpaired) electrons. The first-order chi connectivity index (χ1) is 16.4. The van der Waals surface area contributed by atoms with E-state index < -0.39 is 35.2 Å². The molecule has 0 saturated heterocycles. The number of nitrogens with one attached hydrogen (secondary N) is 1. The maximum Gasteiger partial charge on any atom is 0.308 e. The van der Waals surface area contributed by atoms with Crippen LogP contribution in [0.15, 0.2) is 91.0 Å². The molecular weight excluding hydrogens is 428 g/mol. The average molecular weight is 459 g/mol. The number of primary amides is 1. The molecule has 0 heterocycles. The lowest BCUT2D eigenvalue weighted by Crippen LogP contribution is -2.54. The fraction of sp³-hybridized carbons (Fsp3) is 0.250. The quantitative estimate of drug-likeness (QED) is 0.358. The van der Waals surface area contributed by atoms with Crippen LogP contribution in [-0.2, 0) is 24.5 Å². The van der Waals surface area contributed by atoms with Crippen molar-refractivity contribution in [2.45, 2.75) is 31.7 Å². The molecule has 0 aliphatic heterocycles. The summed E-state index contributed by atoms with van der Waals surface area (Å²) < 4.78 is 5.06. The highest BCUT2D eigenvalue weighted by molar-refractivity contribution is 5.98. The van der Waals surface area contributed by atoms with Crippen LogP contribution in [0.3, 0.4) is 0 Å². The third-order valence-electron chi connectivity index (χ3n) is 5.89. The summed E-state index contributed by atoms with van der Waals surface area (Å²) in [5, 5.41) is 2.86. The fourth-order valence-corrected chi connectivity index (χ4v) is 4.20. The lowest BCUT2D eigenvalue weighted by molar-refractivity contribution is -0.148. The number of benzene rings is 3. The number of esters is 1. The van der Waals surface area contributed by atoms with Gasteiger partial charge in [-0.1, -0.05) is 97.9 Å². The summed E-state index contributed by atoms with van der Waals surface area (Å²) in [5.41, 5.74) is 6.64. The number of ether oxygens (including phenoxy) is 1. The first-order valence-corrected chi connectivity index (χ1v) is 11.3. The van der Waals surface area contributed by atoms with Gasteiger partial charge in [0.2, 0.25) is 11.8 Å². The average Bonchev–Trinajstić information content (AvgIpc) is 2.86. The predicted molar refractivity (Wildman–Crippen MR) is 131 cm³/mol.